The summed E-state index contributed by atoms with van der Waals surface area (Å²) in [5.41, 5.74) is 0. The zero-order chi connectivity index (χ0) is 9.84. The second-order valence-electron chi connectivity index (χ2n) is 3.11. The smallest absolute Gasteiger partial charge is 0.242 e. The van der Waals surface area contributed by atoms with E-state index >= 15 is 0 Å². The topological polar surface area (TPSA) is 50.8 Å². The first kappa shape index (κ1) is 10.5. The van der Waals surface area contributed by atoms with Crippen LogP contribution in [0.1, 0.15) is 32.7 Å². The van der Waals surface area contributed by atoms with Gasteiger partial charge >= 0.3 is 0 Å². The lowest BCUT2D eigenvalue weighted by Gasteiger charge is -2.17. The van der Waals surface area contributed by atoms with Crippen molar-refractivity contribution in [3.63, 3.8) is 0 Å². The summed E-state index contributed by atoms with van der Waals surface area (Å²) in [6, 6.07) is 0. The van der Waals surface area contributed by atoms with Gasteiger partial charge in [0.1, 0.15) is 6.10 Å². The second-order valence-corrected chi connectivity index (χ2v) is 3.45. The first-order valence-electron chi connectivity index (χ1n) is 4.34. The zero-order valence-corrected chi connectivity index (χ0v) is 8.80. The Balaban J connectivity index is 2.75. The van der Waals surface area contributed by atoms with Gasteiger partial charge in [-0.3, -0.25) is 5.10 Å². The number of hydrogen-bond acceptors (Lipinski definition) is 3. The predicted octanol–water partition coefficient (Wildman–Crippen LogP) is 2.19. The standard InChI is InChI=1S/C8H14ClN3O/c1-4-13-6(5(2)3)7-10-8(9)12-11-7/h5-6H,4H2,1-3H3,(H,10,11,12). The van der Waals surface area contributed by atoms with E-state index in [2.05, 4.69) is 29.0 Å². The van der Waals surface area contributed by atoms with E-state index in [9.17, 15) is 0 Å². The molecule has 0 aliphatic rings. The number of hydrogen-bond donors (Lipinski definition) is 1. The second kappa shape index (κ2) is 4.58. The molecule has 0 radical (unpaired) electrons. The molecule has 0 spiro atoms. The molecule has 0 saturated heterocycles. The third-order valence-corrected chi connectivity index (χ3v) is 1.87. The quantitative estimate of drug-likeness (QED) is 0.816. The fourth-order valence-corrected chi connectivity index (χ4v) is 1.28. The van der Waals surface area contributed by atoms with E-state index in [-0.39, 0.29) is 11.4 Å². The Hall–Kier alpha value is -0.610. The Labute approximate surface area is 82.7 Å². The van der Waals surface area contributed by atoms with Gasteiger partial charge in [0, 0.05) is 6.61 Å². The van der Waals surface area contributed by atoms with Crippen molar-refractivity contribution in [2.45, 2.75) is 26.9 Å². The number of halogens is 1. The van der Waals surface area contributed by atoms with E-state index in [1.807, 2.05) is 6.92 Å². The van der Waals surface area contributed by atoms with E-state index in [1.54, 1.807) is 0 Å². The van der Waals surface area contributed by atoms with Crippen molar-refractivity contribution >= 4 is 11.6 Å². The molecule has 0 bridgehead atoms. The normalized spacial score (nSPS) is 13.6. The molecule has 1 unspecified atom stereocenters. The highest BCUT2D eigenvalue weighted by Gasteiger charge is 2.19. The van der Waals surface area contributed by atoms with Crippen molar-refractivity contribution in [3.05, 3.63) is 11.1 Å². The Bertz CT molecular complexity index is 262. The minimum atomic E-state index is -0.0509. The van der Waals surface area contributed by atoms with E-state index in [0.717, 1.165) is 0 Å². The van der Waals surface area contributed by atoms with Crippen LogP contribution in [0.15, 0.2) is 0 Å². The lowest BCUT2D eigenvalue weighted by molar-refractivity contribution is 0.0235. The zero-order valence-electron chi connectivity index (χ0n) is 8.04. The van der Waals surface area contributed by atoms with Crippen LogP contribution in [0.3, 0.4) is 0 Å². The lowest BCUT2D eigenvalue weighted by atomic mass is 10.1. The summed E-state index contributed by atoms with van der Waals surface area (Å²) in [7, 11) is 0. The molecule has 0 aliphatic carbocycles. The maximum Gasteiger partial charge on any atom is 0.242 e. The number of nitrogens with one attached hydrogen (secondary N) is 1. The summed E-state index contributed by atoms with van der Waals surface area (Å²) in [5, 5.41) is 6.74. The molecule has 0 aromatic carbocycles. The average molecular weight is 204 g/mol. The van der Waals surface area contributed by atoms with Crippen LogP contribution in [0.4, 0.5) is 0 Å². The first-order chi connectivity index (χ1) is 6.15. The summed E-state index contributed by atoms with van der Waals surface area (Å²) < 4.78 is 5.51. The average Bonchev–Trinajstić information content (AvgIpc) is 2.46. The molecule has 0 aliphatic heterocycles. The van der Waals surface area contributed by atoms with Crippen LogP contribution in [-0.2, 0) is 4.74 Å². The molecule has 0 amide bonds. The Morgan fingerprint density at radius 1 is 1.54 bits per heavy atom. The van der Waals surface area contributed by atoms with Crippen molar-refractivity contribution in [1.29, 1.82) is 0 Å². The van der Waals surface area contributed by atoms with Crippen LogP contribution in [-0.4, -0.2) is 21.8 Å². The van der Waals surface area contributed by atoms with Crippen LogP contribution in [0.2, 0.25) is 5.28 Å². The molecular formula is C8H14ClN3O. The summed E-state index contributed by atoms with van der Waals surface area (Å²) in [4.78, 5) is 4.02. The van der Waals surface area contributed by atoms with Crippen LogP contribution >= 0.6 is 11.6 Å². The number of rotatable bonds is 4. The van der Waals surface area contributed by atoms with E-state index in [4.69, 9.17) is 16.3 Å². The monoisotopic (exact) mass is 203 g/mol. The molecule has 1 aromatic heterocycles. The van der Waals surface area contributed by atoms with Crippen LogP contribution in [0, 0.1) is 5.92 Å². The molecule has 5 heteroatoms. The molecule has 74 valence electrons. The van der Waals surface area contributed by atoms with Gasteiger partial charge in [0.2, 0.25) is 5.28 Å². The molecule has 1 rings (SSSR count). The van der Waals surface area contributed by atoms with Gasteiger partial charge in [-0.1, -0.05) is 13.8 Å². The lowest BCUT2D eigenvalue weighted by Crippen LogP contribution is -2.12. The Morgan fingerprint density at radius 3 is 2.62 bits per heavy atom. The number of nitrogens with zero attached hydrogens (tertiary/aromatic N) is 2. The molecule has 1 atom stereocenters. The van der Waals surface area contributed by atoms with E-state index < -0.39 is 0 Å². The van der Waals surface area contributed by atoms with Crippen molar-refractivity contribution in [1.82, 2.24) is 15.2 Å². The Kier molecular flexibility index (Phi) is 3.69. The Morgan fingerprint density at radius 2 is 2.23 bits per heavy atom. The van der Waals surface area contributed by atoms with Gasteiger partial charge < -0.3 is 4.74 Å². The minimum Gasteiger partial charge on any atom is -0.370 e. The minimum absolute atomic E-state index is 0.0509. The van der Waals surface area contributed by atoms with Gasteiger partial charge in [0.05, 0.1) is 0 Å². The molecule has 1 heterocycles. The summed E-state index contributed by atoms with van der Waals surface area (Å²) >= 11 is 5.60. The summed E-state index contributed by atoms with van der Waals surface area (Å²) in [6.45, 7) is 6.74. The van der Waals surface area contributed by atoms with Crippen molar-refractivity contribution in [3.8, 4) is 0 Å². The molecule has 1 N–H and O–H groups in total. The maximum absolute atomic E-state index is 5.60. The fraction of sp³-hybridized carbons (Fsp3) is 0.750. The molecule has 4 nitrogen and oxygen atoms in total. The van der Waals surface area contributed by atoms with Crippen LogP contribution < -0.4 is 0 Å². The highest BCUT2D eigenvalue weighted by molar-refractivity contribution is 6.28. The van der Waals surface area contributed by atoms with E-state index in [1.165, 1.54) is 0 Å². The van der Waals surface area contributed by atoms with Crippen molar-refractivity contribution < 1.29 is 4.74 Å². The SMILES string of the molecule is CCOC(c1nc(Cl)n[nH]1)C(C)C. The fourth-order valence-electron chi connectivity index (χ4n) is 1.15. The van der Waals surface area contributed by atoms with Crippen LogP contribution in [0.25, 0.3) is 0 Å². The number of aromatic amines is 1. The highest BCUT2D eigenvalue weighted by Crippen LogP contribution is 2.22. The predicted molar refractivity (Wildman–Crippen MR) is 50.6 cm³/mol. The summed E-state index contributed by atoms with van der Waals surface area (Å²) in [6.07, 6.45) is -0.0509. The highest BCUT2D eigenvalue weighted by atomic mass is 35.5. The first-order valence-corrected chi connectivity index (χ1v) is 4.72. The molecule has 0 saturated carbocycles. The number of H-pyrrole nitrogens is 1. The van der Waals surface area contributed by atoms with Crippen LogP contribution in [0.5, 0.6) is 0 Å². The van der Waals surface area contributed by atoms with Gasteiger partial charge in [-0.15, -0.1) is 5.10 Å². The largest absolute Gasteiger partial charge is 0.370 e. The summed E-state index contributed by atoms with van der Waals surface area (Å²) in [5.74, 6) is 1.05. The van der Waals surface area contributed by atoms with E-state index in [0.29, 0.717) is 18.3 Å². The molecule has 13 heavy (non-hydrogen) atoms. The molecular weight excluding hydrogens is 190 g/mol. The number of aromatic nitrogens is 3. The van der Waals surface area contributed by atoms with Gasteiger partial charge in [-0.25, -0.2) is 0 Å². The van der Waals surface area contributed by atoms with Crippen molar-refractivity contribution in [2.75, 3.05) is 6.61 Å². The van der Waals surface area contributed by atoms with Gasteiger partial charge in [-0.05, 0) is 24.4 Å². The maximum atomic E-state index is 5.60. The van der Waals surface area contributed by atoms with Gasteiger partial charge in [-0.2, -0.15) is 4.98 Å². The molecule has 0 fully saturated rings. The molecule has 1 aromatic rings. The third-order valence-electron chi connectivity index (χ3n) is 1.70. The third kappa shape index (κ3) is 2.67. The van der Waals surface area contributed by atoms with Gasteiger partial charge in [0.25, 0.3) is 0 Å². The number of ether oxygens (including phenoxy) is 1. The van der Waals surface area contributed by atoms with Crippen molar-refractivity contribution in [2.24, 2.45) is 5.92 Å². The van der Waals surface area contributed by atoms with Gasteiger partial charge in [0.15, 0.2) is 5.82 Å².